The maximum Gasteiger partial charge on any atom is 0.163 e. The van der Waals surface area contributed by atoms with Crippen LogP contribution in [0.2, 0.25) is 0 Å². The highest BCUT2D eigenvalue weighted by Crippen LogP contribution is 2.32. The molecule has 1 unspecified atom stereocenters. The fourth-order valence-corrected chi connectivity index (χ4v) is 3.60. The first-order chi connectivity index (χ1) is 12.7. The van der Waals surface area contributed by atoms with Gasteiger partial charge in [-0.25, -0.2) is 9.67 Å². The summed E-state index contributed by atoms with van der Waals surface area (Å²) in [7, 11) is 2.19. The summed E-state index contributed by atoms with van der Waals surface area (Å²) < 4.78 is 13.2. The van der Waals surface area contributed by atoms with Crippen molar-refractivity contribution in [1.29, 1.82) is 0 Å². The molecule has 4 rings (SSSR count). The summed E-state index contributed by atoms with van der Waals surface area (Å²) in [6.07, 6.45) is 3.61. The molecule has 2 aliphatic heterocycles. The standard InChI is InChI=1S/C19H27N5O2/c1-15(23-9-7-22(2)8-10-23)3-6-19-20-14-21-24(19)16-4-5-17-18(13-16)26-12-11-25-17/h4-5,13-15H,3,6-12H2,1-2H3. The van der Waals surface area contributed by atoms with Gasteiger partial charge in [-0.2, -0.15) is 5.10 Å². The van der Waals surface area contributed by atoms with Gasteiger partial charge in [0.05, 0.1) is 5.69 Å². The number of piperazine rings is 1. The van der Waals surface area contributed by atoms with E-state index in [1.54, 1.807) is 6.33 Å². The molecule has 0 N–H and O–H groups in total. The van der Waals surface area contributed by atoms with Gasteiger partial charge >= 0.3 is 0 Å². The first-order valence-corrected chi connectivity index (χ1v) is 9.42. The summed E-state index contributed by atoms with van der Waals surface area (Å²) in [6.45, 7) is 8.10. The fraction of sp³-hybridized carbons (Fsp3) is 0.579. The van der Waals surface area contributed by atoms with Crippen LogP contribution in [-0.2, 0) is 6.42 Å². The molecule has 2 aromatic rings. The molecule has 0 aliphatic carbocycles. The third-order valence-electron chi connectivity index (χ3n) is 5.34. The van der Waals surface area contributed by atoms with E-state index in [1.807, 2.05) is 22.9 Å². The first kappa shape index (κ1) is 17.3. The van der Waals surface area contributed by atoms with E-state index in [4.69, 9.17) is 9.47 Å². The third-order valence-corrected chi connectivity index (χ3v) is 5.34. The Morgan fingerprint density at radius 3 is 2.65 bits per heavy atom. The van der Waals surface area contributed by atoms with Crippen LogP contribution in [0.1, 0.15) is 19.2 Å². The Morgan fingerprint density at radius 1 is 1.08 bits per heavy atom. The highest BCUT2D eigenvalue weighted by Gasteiger charge is 2.20. The van der Waals surface area contributed by atoms with E-state index >= 15 is 0 Å². The number of hydrogen-bond acceptors (Lipinski definition) is 6. The quantitative estimate of drug-likeness (QED) is 0.810. The lowest BCUT2D eigenvalue weighted by Crippen LogP contribution is -2.48. The zero-order chi connectivity index (χ0) is 17.9. The SMILES string of the molecule is CC(CCc1ncnn1-c1ccc2c(c1)OCCO2)N1CCN(C)CC1. The van der Waals surface area contributed by atoms with Gasteiger partial charge in [0.15, 0.2) is 11.5 Å². The average Bonchev–Trinajstić information content (AvgIpc) is 3.15. The van der Waals surface area contributed by atoms with Crippen molar-refractivity contribution < 1.29 is 9.47 Å². The predicted molar refractivity (Wildman–Crippen MR) is 99.2 cm³/mol. The van der Waals surface area contributed by atoms with Crippen molar-refractivity contribution in [2.45, 2.75) is 25.8 Å². The van der Waals surface area contributed by atoms with Gasteiger partial charge in [-0.15, -0.1) is 0 Å². The van der Waals surface area contributed by atoms with Gasteiger partial charge in [-0.3, -0.25) is 4.90 Å². The van der Waals surface area contributed by atoms with E-state index in [0.29, 0.717) is 19.3 Å². The van der Waals surface area contributed by atoms with Crippen molar-refractivity contribution in [2.75, 3.05) is 46.4 Å². The minimum absolute atomic E-state index is 0.550. The van der Waals surface area contributed by atoms with Gasteiger partial charge in [0.25, 0.3) is 0 Å². The molecule has 1 aromatic carbocycles. The van der Waals surface area contributed by atoms with Crippen LogP contribution < -0.4 is 9.47 Å². The van der Waals surface area contributed by atoms with Crippen molar-refractivity contribution in [3.63, 3.8) is 0 Å². The maximum absolute atomic E-state index is 5.69. The molecule has 0 amide bonds. The van der Waals surface area contributed by atoms with Gasteiger partial charge in [0.1, 0.15) is 25.4 Å². The Bertz CT molecular complexity index is 739. The second-order valence-corrected chi connectivity index (χ2v) is 7.14. The van der Waals surface area contributed by atoms with Crippen molar-refractivity contribution in [3.8, 4) is 17.2 Å². The lowest BCUT2D eigenvalue weighted by atomic mass is 10.1. The van der Waals surface area contributed by atoms with Crippen molar-refractivity contribution in [2.24, 2.45) is 0 Å². The molecule has 0 radical (unpaired) electrons. The fourth-order valence-electron chi connectivity index (χ4n) is 3.60. The number of nitrogens with zero attached hydrogens (tertiary/aromatic N) is 5. The maximum atomic E-state index is 5.69. The molecular weight excluding hydrogens is 330 g/mol. The van der Waals surface area contributed by atoms with Crippen molar-refractivity contribution >= 4 is 0 Å². The van der Waals surface area contributed by atoms with Crippen LogP contribution in [-0.4, -0.2) is 77.0 Å². The molecule has 3 heterocycles. The lowest BCUT2D eigenvalue weighted by Gasteiger charge is -2.36. The van der Waals surface area contributed by atoms with Crippen molar-refractivity contribution in [3.05, 3.63) is 30.4 Å². The summed E-state index contributed by atoms with van der Waals surface area (Å²) in [5.74, 6) is 2.56. The van der Waals surface area contributed by atoms with Gasteiger partial charge in [0, 0.05) is 44.7 Å². The molecule has 7 heteroatoms. The topological polar surface area (TPSA) is 55.7 Å². The Morgan fingerprint density at radius 2 is 1.85 bits per heavy atom. The van der Waals surface area contributed by atoms with E-state index in [0.717, 1.165) is 62.0 Å². The predicted octanol–water partition coefficient (Wildman–Crippen LogP) is 1.61. The second kappa shape index (κ2) is 7.63. The summed E-state index contributed by atoms with van der Waals surface area (Å²) in [4.78, 5) is 9.45. The number of aryl methyl sites for hydroxylation is 1. The Kier molecular flexibility index (Phi) is 5.08. The summed E-state index contributed by atoms with van der Waals surface area (Å²) in [5.41, 5.74) is 0.967. The number of ether oxygens (including phenoxy) is 2. The smallest absolute Gasteiger partial charge is 0.163 e. The molecule has 1 aromatic heterocycles. The highest BCUT2D eigenvalue weighted by atomic mass is 16.6. The molecule has 7 nitrogen and oxygen atoms in total. The van der Waals surface area contributed by atoms with Crippen LogP contribution >= 0.6 is 0 Å². The van der Waals surface area contributed by atoms with Crippen LogP contribution in [0, 0.1) is 0 Å². The zero-order valence-electron chi connectivity index (χ0n) is 15.6. The average molecular weight is 357 g/mol. The minimum Gasteiger partial charge on any atom is -0.486 e. The molecule has 1 atom stereocenters. The number of fused-ring (bicyclic) bond motifs is 1. The van der Waals surface area contributed by atoms with Gasteiger partial charge in [-0.05, 0) is 32.5 Å². The monoisotopic (exact) mass is 357 g/mol. The van der Waals surface area contributed by atoms with E-state index in [1.165, 1.54) is 0 Å². The minimum atomic E-state index is 0.550. The molecule has 0 bridgehead atoms. The molecule has 0 spiro atoms. The van der Waals surface area contributed by atoms with Gasteiger partial charge in [0.2, 0.25) is 0 Å². The molecule has 26 heavy (non-hydrogen) atoms. The van der Waals surface area contributed by atoms with Crippen LogP contribution in [0.4, 0.5) is 0 Å². The van der Waals surface area contributed by atoms with Gasteiger partial charge < -0.3 is 14.4 Å². The first-order valence-electron chi connectivity index (χ1n) is 9.42. The highest BCUT2D eigenvalue weighted by molar-refractivity contribution is 5.49. The Hall–Kier alpha value is -2.12. The van der Waals surface area contributed by atoms with E-state index in [2.05, 4.69) is 33.9 Å². The third kappa shape index (κ3) is 3.68. The number of benzene rings is 1. The second-order valence-electron chi connectivity index (χ2n) is 7.14. The molecular formula is C19H27N5O2. The summed E-state index contributed by atoms with van der Waals surface area (Å²) in [6, 6.07) is 6.49. The number of hydrogen-bond donors (Lipinski definition) is 0. The molecule has 140 valence electrons. The van der Waals surface area contributed by atoms with Crippen LogP contribution in [0.15, 0.2) is 24.5 Å². The normalized spacial score (nSPS) is 19.5. The molecule has 0 saturated carbocycles. The van der Waals surface area contributed by atoms with E-state index < -0.39 is 0 Å². The largest absolute Gasteiger partial charge is 0.486 e. The zero-order valence-corrected chi connectivity index (χ0v) is 15.6. The molecule has 2 aliphatic rings. The molecule has 1 fully saturated rings. The Balaban J connectivity index is 1.42. The lowest BCUT2D eigenvalue weighted by molar-refractivity contribution is 0.114. The summed E-state index contributed by atoms with van der Waals surface area (Å²) in [5, 5.41) is 4.42. The molecule has 1 saturated heterocycles. The number of likely N-dealkylation sites (N-methyl/N-ethyl adjacent to an activating group) is 1. The van der Waals surface area contributed by atoms with Crippen LogP contribution in [0.25, 0.3) is 5.69 Å². The Labute approximate surface area is 154 Å². The summed E-state index contributed by atoms with van der Waals surface area (Å²) >= 11 is 0. The van der Waals surface area contributed by atoms with Gasteiger partial charge in [-0.1, -0.05) is 0 Å². The van der Waals surface area contributed by atoms with E-state index in [-0.39, 0.29) is 0 Å². The number of aromatic nitrogens is 3. The van der Waals surface area contributed by atoms with Crippen molar-refractivity contribution in [1.82, 2.24) is 24.6 Å². The van der Waals surface area contributed by atoms with E-state index in [9.17, 15) is 0 Å². The number of rotatable bonds is 5. The van der Waals surface area contributed by atoms with Crippen LogP contribution in [0.3, 0.4) is 0 Å². The van der Waals surface area contributed by atoms with Crippen LogP contribution in [0.5, 0.6) is 11.5 Å².